The molecule has 17 heavy (non-hydrogen) atoms. The van der Waals surface area contributed by atoms with E-state index in [9.17, 15) is 4.39 Å². The summed E-state index contributed by atoms with van der Waals surface area (Å²) in [6.07, 6.45) is 2.20. The van der Waals surface area contributed by atoms with E-state index in [0.29, 0.717) is 15.3 Å². The van der Waals surface area contributed by atoms with Crippen molar-refractivity contribution in [2.45, 2.75) is 24.1 Å². The van der Waals surface area contributed by atoms with E-state index >= 15 is 0 Å². The molecule has 0 radical (unpaired) electrons. The second kappa shape index (κ2) is 5.89. The number of nitrogens with one attached hydrogen (secondary N) is 1. The Labute approximate surface area is 118 Å². The summed E-state index contributed by atoms with van der Waals surface area (Å²) >= 11 is 10.9. The van der Waals surface area contributed by atoms with Crippen LogP contribution in [0.4, 0.5) is 4.39 Å². The average Bonchev–Trinajstić information content (AvgIpc) is 2.84. The molecular formula is C11H13BrClFN2S. The van der Waals surface area contributed by atoms with E-state index < -0.39 is 5.82 Å². The zero-order valence-electron chi connectivity index (χ0n) is 9.05. The highest BCUT2D eigenvalue weighted by Crippen LogP contribution is 2.38. The summed E-state index contributed by atoms with van der Waals surface area (Å²) in [5.41, 5.74) is 3.25. The maximum Gasteiger partial charge on any atom is 0.147 e. The molecule has 0 amide bonds. The molecule has 2 nitrogen and oxygen atoms in total. The van der Waals surface area contributed by atoms with Crippen LogP contribution in [0.5, 0.6) is 0 Å². The quantitative estimate of drug-likeness (QED) is 0.501. The van der Waals surface area contributed by atoms with E-state index in [1.165, 1.54) is 0 Å². The summed E-state index contributed by atoms with van der Waals surface area (Å²) in [5, 5.41) is 0.428. The van der Waals surface area contributed by atoms with Gasteiger partial charge in [0.1, 0.15) is 5.82 Å². The predicted molar refractivity (Wildman–Crippen MR) is 74.7 cm³/mol. The van der Waals surface area contributed by atoms with Crippen molar-refractivity contribution in [1.82, 2.24) is 5.43 Å². The molecule has 2 unspecified atom stereocenters. The number of hydrazine groups is 1. The monoisotopic (exact) mass is 338 g/mol. The van der Waals surface area contributed by atoms with Crippen molar-refractivity contribution >= 4 is 39.3 Å². The molecule has 3 N–H and O–H groups in total. The lowest BCUT2D eigenvalue weighted by molar-refractivity contribution is 0.489. The number of benzene rings is 1. The summed E-state index contributed by atoms with van der Waals surface area (Å²) in [6, 6.07) is 3.30. The van der Waals surface area contributed by atoms with Gasteiger partial charge in [-0.05, 0) is 40.6 Å². The van der Waals surface area contributed by atoms with Gasteiger partial charge >= 0.3 is 0 Å². The molecule has 1 aliphatic heterocycles. The summed E-state index contributed by atoms with van der Waals surface area (Å²) in [5.74, 6) is 6.27. The lowest BCUT2D eigenvalue weighted by Crippen LogP contribution is -2.34. The Kier molecular flexibility index (Phi) is 4.72. The summed E-state index contributed by atoms with van der Waals surface area (Å²) in [6.45, 7) is 0. The highest BCUT2D eigenvalue weighted by atomic mass is 79.9. The van der Waals surface area contributed by atoms with Crippen molar-refractivity contribution in [3.8, 4) is 0 Å². The van der Waals surface area contributed by atoms with Gasteiger partial charge in [0.25, 0.3) is 0 Å². The fourth-order valence-electron chi connectivity index (χ4n) is 2.04. The highest BCUT2D eigenvalue weighted by molar-refractivity contribution is 9.10. The number of hydrogen-bond acceptors (Lipinski definition) is 3. The van der Waals surface area contributed by atoms with Gasteiger partial charge in [0.15, 0.2) is 0 Å². The first-order valence-corrected chi connectivity index (χ1v) is 7.58. The SMILES string of the molecule is NNC(c1ccc(Br)c(Cl)c1F)C1CCCS1. The van der Waals surface area contributed by atoms with Gasteiger partial charge in [0, 0.05) is 15.3 Å². The largest absolute Gasteiger partial charge is 0.271 e. The number of hydrogen-bond donors (Lipinski definition) is 2. The van der Waals surface area contributed by atoms with Crippen LogP contribution in [-0.4, -0.2) is 11.0 Å². The van der Waals surface area contributed by atoms with Crippen LogP contribution in [0.15, 0.2) is 16.6 Å². The Morgan fingerprint density at radius 3 is 2.94 bits per heavy atom. The van der Waals surface area contributed by atoms with Crippen LogP contribution in [0, 0.1) is 5.82 Å². The van der Waals surface area contributed by atoms with Gasteiger partial charge in [0.2, 0.25) is 0 Å². The van der Waals surface area contributed by atoms with E-state index in [2.05, 4.69) is 21.4 Å². The third kappa shape index (κ3) is 2.79. The molecule has 0 bridgehead atoms. The molecule has 1 aromatic carbocycles. The smallest absolute Gasteiger partial charge is 0.147 e. The molecule has 1 aromatic rings. The van der Waals surface area contributed by atoms with E-state index in [1.807, 2.05) is 11.8 Å². The molecule has 6 heteroatoms. The molecule has 0 spiro atoms. The number of thioether (sulfide) groups is 1. The first-order valence-electron chi connectivity index (χ1n) is 5.36. The lowest BCUT2D eigenvalue weighted by Gasteiger charge is -2.23. The van der Waals surface area contributed by atoms with Gasteiger partial charge in [-0.1, -0.05) is 17.7 Å². The minimum atomic E-state index is -0.392. The standard InChI is InChI=1S/C11H13BrClFN2S/c12-7-4-3-6(10(14)9(7)13)11(16-15)8-2-1-5-17-8/h3-4,8,11,16H,1-2,5,15H2. The molecule has 1 heterocycles. The third-order valence-electron chi connectivity index (χ3n) is 2.92. The van der Waals surface area contributed by atoms with E-state index in [0.717, 1.165) is 18.6 Å². The Hall–Kier alpha value is 0.190. The average molecular weight is 340 g/mol. The summed E-state index contributed by atoms with van der Waals surface area (Å²) in [4.78, 5) is 0. The zero-order valence-corrected chi connectivity index (χ0v) is 12.2. The fraction of sp³-hybridized carbons (Fsp3) is 0.455. The third-order valence-corrected chi connectivity index (χ3v) is 5.64. The van der Waals surface area contributed by atoms with Gasteiger partial charge in [0.05, 0.1) is 11.1 Å². The van der Waals surface area contributed by atoms with Gasteiger partial charge < -0.3 is 0 Å². The molecular weight excluding hydrogens is 327 g/mol. The zero-order chi connectivity index (χ0) is 12.4. The van der Waals surface area contributed by atoms with Crippen LogP contribution in [0.3, 0.4) is 0 Å². The van der Waals surface area contributed by atoms with Gasteiger partial charge in [-0.15, -0.1) is 0 Å². The van der Waals surface area contributed by atoms with Crippen LogP contribution in [0.25, 0.3) is 0 Å². The van der Waals surface area contributed by atoms with Gasteiger partial charge in [-0.3, -0.25) is 11.3 Å². The van der Waals surface area contributed by atoms with Crippen molar-refractivity contribution in [1.29, 1.82) is 0 Å². The first-order chi connectivity index (χ1) is 8.15. The Morgan fingerprint density at radius 2 is 2.35 bits per heavy atom. The minimum absolute atomic E-state index is 0.116. The summed E-state index contributed by atoms with van der Waals surface area (Å²) in [7, 11) is 0. The number of nitrogens with two attached hydrogens (primary N) is 1. The van der Waals surface area contributed by atoms with Crippen LogP contribution in [-0.2, 0) is 0 Å². The van der Waals surface area contributed by atoms with Crippen molar-refractivity contribution in [3.63, 3.8) is 0 Å². The predicted octanol–water partition coefficient (Wildman–Crippen LogP) is 3.64. The maximum atomic E-state index is 14.1. The van der Waals surface area contributed by atoms with Crippen molar-refractivity contribution in [2.75, 3.05) is 5.75 Å². The molecule has 94 valence electrons. The maximum absolute atomic E-state index is 14.1. The topological polar surface area (TPSA) is 38.0 Å². The Balaban J connectivity index is 2.33. The van der Waals surface area contributed by atoms with E-state index in [1.54, 1.807) is 12.1 Å². The van der Waals surface area contributed by atoms with Gasteiger partial charge in [-0.25, -0.2) is 4.39 Å². The minimum Gasteiger partial charge on any atom is -0.271 e. The fourth-order valence-corrected chi connectivity index (χ4v) is 3.91. The van der Waals surface area contributed by atoms with Crippen molar-refractivity contribution in [2.24, 2.45) is 5.84 Å². The molecule has 0 saturated carbocycles. The second-order valence-electron chi connectivity index (χ2n) is 3.96. The van der Waals surface area contributed by atoms with E-state index in [4.69, 9.17) is 17.4 Å². The van der Waals surface area contributed by atoms with E-state index in [-0.39, 0.29) is 11.1 Å². The Bertz CT molecular complexity index is 413. The van der Waals surface area contributed by atoms with Crippen molar-refractivity contribution in [3.05, 3.63) is 33.0 Å². The molecule has 0 aliphatic carbocycles. The number of rotatable bonds is 3. The van der Waals surface area contributed by atoms with Crippen molar-refractivity contribution < 1.29 is 4.39 Å². The molecule has 1 fully saturated rings. The van der Waals surface area contributed by atoms with Crippen LogP contribution in [0.2, 0.25) is 5.02 Å². The normalized spacial score (nSPS) is 21.8. The second-order valence-corrected chi connectivity index (χ2v) is 6.54. The molecule has 1 aliphatic rings. The highest BCUT2D eigenvalue weighted by Gasteiger charge is 2.29. The van der Waals surface area contributed by atoms with Crippen LogP contribution >= 0.6 is 39.3 Å². The first kappa shape index (κ1) is 13.6. The number of halogens is 3. The lowest BCUT2D eigenvalue weighted by atomic mass is 10.0. The Morgan fingerprint density at radius 1 is 1.59 bits per heavy atom. The molecule has 0 aromatic heterocycles. The molecule has 2 atom stereocenters. The summed E-state index contributed by atoms with van der Waals surface area (Å²) < 4.78 is 14.7. The molecule has 2 rings (SSSR count). The molecule has 1 saturated heterocycles. The van der Waals surface area contributed by atoms with Crippen LogP contribution in [0.1, 0.15) is 24.4 Å². The van der Waals surface area contributed by atoms with Crippen LogP contribution < -0.4 is 11.3 Å². The van der Waals surface area contributed by atoms with Gasteiger partial charge in [-0.2, -0.15) is 11.8 Å².